The van der Waals surface area contributed by atoms with E-state index in [0.717, 1.165) is 33.3 Å². The Balaban J connectivity index is 2.17. The predicted octanol–water partition coefficient (Wildman–Crippen LogP) is 5.85. The molecule has 0 saturated carbocycles. The first-order chi connectivity index (χ1) is 13.4. The molecule has 3 rings (SSSR count). The lowest BCUT2D eigenvalue weighted by Gasteiger charge is -2.19. The topological polar surface area (TPSA) is 44.2 Å². The molecule has 4 nitrogen and oxygen atoms in total. The molecule has 5 heteroatoms. The third-order valence-electron chi connectivity index (χ3n) is 4.61. The number of aromatic nitrogens is 2. The fraction of sp³-hybridized carbons (Fsp3) is 0.304. The molecule has 0 aliphatic rings. The van der Waals surface area contributed by atoms with Crippen LogP contribution in [0.15, 0.2) is 53.6 Å². The third-order valence-corrected chi connectivity index (χ3v) is 5.26. The molecule has 0 amide bonds. The summed E-state index contributed by atoms with van der Waals surface area (Å²) in [6.07, 6.45) is 1.97. The zero-order valence-electron chi connectivity index (χ0n) is 17.2. The summed E-state index contributed by atoms with van der Waals surface area (Å²) in [6.45, 7) is 6.63. The van der Waals surface area contributed by atoms with Gasteiger partial charge in [0.25, 0.3) is 0 Å². The van der Waals surface area contributed by atoms with Crippen LogP contribution in [0, 0.1) is 0 Å². The Morgan fingerprint density at radius 1 is 0.750 bits per heavy atom. The van der Waals surface area contributed by atoms with Crippen LogP contribution in [0.25, 0.3) is 22.5 Å². The van der Waals surface area contributed by atoms with Crippen LogP contribution >= 0.6 is 11.8 Å². The number of ether oxygens (including phenoxy) is 2. The summed E-state index contributed by atoms with van der Waals surface area (Å²) in [4.78, 5) is 9.68. The van der Waals surface area contributed by atoms with Crippen LogP contribution in [0.4, 0.5) is 0 Å². The second kappa shape index (κ2) is 8.23. The van der Waals surface area contributed by atoms with E-state index in [0.29, 0.717) is 5.88 Å². The van der Waals surface area contributed by atoms with Gasteiger partial charge in [0.15, 0.2) is 5.03 Å². The molecule has 28 heavy (non-hydrogen) atoms. The molecule has 0 fully saturated rings. The molecule has 0 unspecified atom stereocenters. The van der Waals surface area contributed by atoms with Gasteiger partial charge in [0.05, 0.1) is 19.9 Å². The third kappa shape index (κ3) is 4.14. The molecule has 1 aromatic heterocycles. The van der Waals surface area contributed by atoms with E-state index >= 15 is 0 Å². The Kier molecular flexibility index (Phi) is 5.94. The summed E-state index contributed by atoms with van der Waals surface area (Å²) in [7, 11) is 3.29. The van der Waals surface area contributed by atoms with Gasteiger partial charge in [0.1, 0.15) is 11.4 Å². The number of methoxy groups -OCH3 is 2. The average molecular weight is 395 g/mol. The van der Waals surface area contributed by atoms with Crippen molar-refractivity contribution in [2.75, 3.05) is 20.5 Å². The first kappa shape index (κ1) is 20.2. The van der Waals surface area contributed by atoms with Gasteiger partial charge in [-0.15, -0.1) is 11.8 Å². The normalized spacial score (nSPS) is 11.4. The summed E-state index contributed by atoms with van der Waals surface area (Å²) in [6, 6.07) is 16.4. The highest BCUT2D eigenvalue weighted by Gasteiger charge is 2.19. The van der Waals surface area contributed by atoms with Crippen LogP contribution in [0.1, 0.15) is 26.3 Å². The number of rotatable bonds is 5. The number of benzene rings is 2. The van der Waals surface area contributed by atoms with Gasteiger partial charge in [-0.2, -0.15) is 0 Å². The molecular weight excluding hydrogens is 368 g/mol. The monoisotopic (exact) mass is 394 g/mol. The van der Waals surface area contributed by atoms with Crippen LogP contribution < -0.4 is 9.47 Å². The number of hydrogen-bond acceptors (Lipinski definition) is 5. The lowest BCUT2D eigenvalue weighted by molar-refractivity contribution is 0.383. The minimum atomic E-state index is 0.101. The summed E-state index contributed by atoms with van der Waals surface area (Å²) < 4.78 is 10.8. The minimum Gasteiger partial charge on any atom is -0.497 e. The summed E-state index contributed by atoms with van der Waals surface area (Å²) in [5.74, 6) is 1.35. The van der Waals surface area contributed by atoms with Crippen molar-refractivity contribution < 1.29 is 9.47 Å². The Hall–Kier alpha value is -2.53. The minimum absolute atomic E-state index is 0.101. The molecule has 0 saturated heterocycles. The fourth-order valence-corrected chi connectivity index (χ4v) is 3.44. The summed E-state index contributed by atoms with van der Waals surface area (Å²) in [5.41, 5.74) is 5.02. The smallest absolute Gasteiger partial charge is 0.247 e. The van der Waals surface area contributed by atoms with Crippen LogP contribution in [-0.4, -0.2) is 30.4 Å². The molecule has 0 bridgehead atoms. The Morgan fingerprint density at radius 3 is 1.75 bits per heavy atom. The number of nitrogens with zero attached hydrogens (tertiary/aromatic N) is 2. The first-order valence-electron chi connectivity index (χ1n) is 9.12. The van der Waals surface area contributed by atoms with Gasteiger partial charge in [-0.3, -0.25) is 0 Å². The lowest BCUT2D eigenvalue weighted by Crippen LogP contribution is -2.10. The molecule has 0 atom stereocenters. The van der Waals surface area contributed by atoms with E-state index in [4.69, 9.17) is 19.4 Å². The Bertz CT molecular complexity index is 946. The summed E-state index contributed by atoms with van der Waals surface area (Å²) >= 11 is 1.52. The molecule has 2 aromatic carbocycles. The van der Waals surface area contributed by atoms with Crippen LogP contribution in [0.5, 0.6) is 11.6 Å². The van der Waals surface area contributed by atoms with Crippen molar-refractivity contribution >= 4 is 11.8 Å². The largest absolute Gasteiger partial charge is 0.497 e. The standard InChI is InChI=1S/C23H26N2O2S/c1-23(2,3)17-11-7-15(8-12-17)19-20(16-9-13-18(26-4)14-10-16)25-22(28-6)21(24-19)27-5/h7-14H,1-6H3. The van der Waals surface area contributed by atoms with Gasteiger partial charge in [-0.05, 0) is 41.5 Å². The Labute approximate surface area is 171 Å². The van der Waals surface area contributed by atoms with E-state index in [-0.39, 0.29) is 5.41 Å². The maximum atomic E-state index is 5.49. The van der Waals surface area contributed by atoms with Crippen molar-refractivity contribution in [1.82, 2.24) is 9.97 Å². The van der Waals surface area contributed by atoms with E-state index in [1.54, 1.807) is 14.2 Å². The predicted molar refractivity (Wildman–Crippen MR) is 116 cm³/mol. The molecule has 0 spiro atoms. The van der Waals surface area contributed by atoms with E-state index in [1.807, 2.05) is 30.5 Å². The summed E-state index contributed by atoms with van der Waals surface area (Å²) in [5, 5.41) is 0.767. The van der Waals surface area contributed by atoms with Crippen LogP contribution in [0.2, 0.25) is 0 Å². The lowest BCUT2D eigenvalue weighted by atomic mass is 9.86. The van der Waals surface area contributed by atoms with Gasteiger partial charge in [-0.1, -0.05) is 45.0 Å². The van der Waals surface area contributed by atoms with Gasteiger partial charge >= 0.3 is 0 Å². The number of hydrogen-bond donors (Lipinski definition) is 0. The van der Waals surface area contributed by atoms with Crippen molar-refractivity contribution in [2.45, 2.75) is 31.2 Å². The van der Waals surface area contributed by atoms with E-state index in [9.17, 15) is 0 Å². The van der Waals surface area contributed by atoms with Crippen molar-refractivity contribution in [2.24, 2.45) is 0 Å². The van der Waals surface area contributed by atoms with Crippen LogP contribution in [0.3, 0.4) is 0 Å². The molecule has 1 heterocycles. The van der Waals surface area contributed by atoms with E-state index in [2.05, 4.69) is 45.0 Å². The second-order valence-electron chi connectivity index (χ2n) is 7.50. The van der Waals surface area contributed by atoms with Gasteiger partial charge in [-0.25, -0.2) is 9.97 Å². The average Bonchev–Trinajstić information content (AvgIpc) is 2.72. The fourth-order valence-electron chi connectivity index (χ4n) is 2.95. The van der Waals surface area contributed by atoms with Crippen molar-refractivity contribution in [1.29, 1.82) is 0 Å². The highest BCUT2D eigenvalue weighted by Crippen LogP contribution is 2.36. The van der Waals surface area contributed by atoms with Gasteiger partial charge in [0, 0.05) is 11.1 Å². The Morgan fingerprint density at radius 2 is 1.29 bits per heavy atom. The molecular formula is C23H26N2O2S. The van der Waals surface area contributed by atoms with E-state index in [1.165, 1.54) is 17.3 Å². The van der Waals surface area contributed by atoms with Crippen molar-refractivity contribution in [3.8, 4) is 34.1 Å². The molecule has 0 aliphatic carbocycles. The SMILES string of the molecule is COc1ccc(-c2nc(SC)c(OC)nc2-c2ccc(C(C)(C)C)cc2)cc1. The number of thioether (sulfide) groups is 1. The molecule has 0 N–H and O–H groups in total. The highest BCUT2D eigenvalue weighted by molar-refractivity contribution is 7.98. The molecule has 3 aromatic rings. The van der Waals surface area contributed by atoms with E-state index < -0.39 is 0 Å². The molecule has 146 valence electrons. The highest BCUT2D eigenvalue weighted by atomic mass is 32.2. The van der Waals surface area contributed by atoms with Crippen molar-refractivity contribution in [3.63, 3.8) is 0 Å². The molecule has 0 radical (unpaired) electrons. The maximum absolute atomic E-state index is 5.49. The maximum Gasteiger partial charge on any atom is 0.247 e. The van der Waals surface area contributed by atoms with Gasteiger partial charge in [0.2, 0.25) is 5.88 Å². The van der Waals surface area contributed by atoms with Crippen molar-refractivity contribution in [3.05, 3.63) is 54.1 Å². The van der Waals surface area contributed by atoms with Gasteiger partial charge < -0.3 is 9.47 Å². The second-order valence-corrected chi connectivity index (χ2v) is 8.29. The first-order valence-corrected chi connectivity index (χ1v) is 10.3. The van der Waals surface area contributed by atoms with Crippen LogP contribution in [-0.2, 0) is 5.41 Å². The quantitative estimate of drug-likeness (QED) is 0.508. The zero-order chi connectivity index (χ0) is 20.3. The zero-order valence-corrected chi connectivity index (χ0v) is 18.1. The molecule has 0 aliphatic heterocycles.